The third kappa shape index (κ3) is 6.94. The maximum Gasteiger partial charge on any atom is 0.407 e. The van der Waals surface area contributed by atoms with Crippen LogP contribution in [0.1, 0.15) is 32.9 Å². The monoisotopic (exact) mass is 261 g/mol. The van der Waals surface area contributed by atoms with Gasteiger partial charge in [-0.15, -0.1) is 0 Å². The molecule has 0 aliphatic carbocycles. The van der Waals surface area contributed by atoms with Gasteiger partial charge in [-0.25, -0.2) is 9.78 Å². The van der Waals surface area contributed by atoms with Crippen molar-refractivity contribution in [3.8, 4) is 11.8 Å². The first-order chi connectivity index (χ1) is 8.87. The molecule has 0 spiro atoms. The van der Waals surface area contributed by atoms with Gasteiger partial charge < -0.3 is 15.8 Å². The molecule has 0 bridgehead atoms. The van der Waals surface area contributed by atoms with Gasteiger partial charge in [0.2, 0.25) is 0 Å². The van der Waals surface area contributed by atoms with Crippen LogP contribution in [0.4, 0.5) is 10.6 Å². The Labute approximate surface area is 113 Å². The van der Waals surface area contributed by atoms with Crippen LogP contribution in [0.25, 0.3) is 0 Å². The summed E-state index contributed by atoms with van der Waals surface area (Å²) < 4.78 is 5.09. The smallest absolute Gasteiger partial charge is 0.407 e. The zero-order valence-corrected chi connectivity index (χ0v) is 11.5. The molecule has 5 nitrogen and oxygen atoms in total. The number of amides is 1. The van der Waals surface area contributed by atoms with Crippen molar-refractivity contribution in [2.45, 2.75) is 32.8 Å². The molecule has 1 aromatic heterocycles. The quantitative estimate of drug-likeness (QED) is 0.630. The number of aromatic nitrogens is 1. The highest BCUT2D eigenvalue weighted by molar-refractivity contribution is 5.67. The average Bonchev–Trinajstić information content (AvgIpc) is 2.26. The molecule has 0 aromatic carbocycles. The minimum Gasteiger partial charge on any atom is -0.444 e. The lowest BCUT2D eigenvalue weighted by Crippen LogP contribution is -2.32. The van der Waals surface area contributed by atoms with E-state index in [4.69, 9.17) is 10.5 Å². The molecular weight excluding hydrogens is 242 g/mol. The molecule has 5 heteroatoms. The fourth-order valence-corrected chi connectivity index (χ4v) is 1.22. The summed E-state index contributed by atoms with van der Waals surface area (Å²) in [6.45, 7) is 5.89. The van der Waals surface area contributed by atoms with Crippen molar-refractivity contribution >= 4 is 11.9 Å². The van der Waals surface area contributed by atoms with Crippen LogP contribution < -0.4 is 11.1 Å². The molecule has 0 radical (unpaired) electrons. The van der Waals surface area contributed by atoms with Gasteiger partial charge in [-0.2, -0.15) is 0 Å². The summed E-state index contributed by atoms with van der Waals surface area (Å²) in [5.74, 6) is 6.23. The second-order valence-corrected chi connectivity index (χ2v) is 4.93. The van der Waals surface area contributed by atoms with E-state index in [0.29, 0.717) is 24.5 Å². The Bertz CT molecular complexity index is 495. The van der Waals surface area contributed by atoms with Crippen molar-refractivity contribution in [3.63, 3.8) is 0 Å². The standard InChI is InChI=1S/C14H19N3O2/c1-14(2,3)19-13(18)16-10-5-4-7-11-8-6-9-12(15)17-11/h6,8-9H,5,10H2,1-3H3,(H2,15,17)(H,16,18). The van der Waals surface area contributed by atoms with Crippen LogP contribution in [0.2, 0.25) is 0 Å². The van der Waals surface area contributed by atoms with Gasteiger partial charge >= 0.3 is 6.09 Å². The van der Waals surface area contributed by atoms with Crippen molar-refractivity contribution in [3.05, 3.63) is 23.9 Å². The molecule has 0 saturated carbocycles. The summed E-state index contributed by atoms with van der Waals surface area (Å²) in [6.07, 6.45) is 0.0896. The molecule has 0 atom stereocenters. The number of pyridine rings is 1. The van der Waals surface area contributed by atoms with Crippen LogP contribution in [0.3, 0.4) is 0 Å². The van der Waals surface area contributed by atoms with Gasteiger partial charge in [0.15, 0.2) is 0 Å². The number of nitrogen functional groups attached to an aromatic ring is 1. The lowest BCUT2D eigenvalue weighted by molar-refractivity contribution is 0.0529. The van der Waals surface area contributed by atoms with E-state index >= 15 is 0 Å². The van der Waals surface area contributed by atoms with Crippen LogP contribution in [0.5, 0.6) is 0 Å². The molecule has 1 heterocycles. The van der Waals surface area contributed by atoms with E-state index in [-0.39, 0.29) is 0 Å². The maximum atomic E-state index is 11.3. The first-order valence-corrected chi connectivity index (χ1v) is 6.05. The second kappa shape index (κ2) is 6.64. The van der Waals surface area contributed by atoms with Gasteiger partial charge in [0.25, 0.3) is 0 Å². The zero-order chi connectivity index (χ0) is 14.3. The molecule has 3 N–H and O–H groups in total. The molecule has 1 aromatic rings. The Morgan fingerprint density at radius 3 is 2.84 bits per heavy atom. The minimum atomic E-state index is -0.485. The predicted octanol–water partition coefficient (Wildman–Crippen LogP) is 1.93. The number of ether oxygens (including phenoxy) is 1. The van der Waals surface area contributed by atoms with Gasteiger partial charge in [0.05, 0.1) is 0 Å². The average molecular weight is 261 g/mol. The highest BCUT2D eigenvalue weighted by Gasteiger charge is 2.15. The van der Waals surface area contributed by atoms with E-state index in [9.17, 15) is 4.79 Å². The van der Waals surface area contributed by atoms with Gasteiger partial charge in [-0.3, -0.25) is 0 Å². The van der Waals surface area contributed by atoms with Crippen LogP contribution in [0, 0.1) is 11.8 Å². The molecular formula is C14H19N3O2. The summed E-state index contributed by atoms with van der Waals surface area (Å²) in [6, 6.07) is 5.28. The van der Waals surface area contributed by atoms with E-state index in [1.807, 2.05) is 20.8 Å². The number of nitrogens with two attached hydrogens (primary N) is 1. The Hall–Kier alpha value is -2.22. The summed E-state index contributed by atoms with van der Waals surface area (Å²) in [5.41, 5.74) is 5.67. The van der Waals surface area contributed by atoms with E-state index in [1.165, 1.54) is 0 Å². The number of hydrogen-bond donors (Lipinski definition) is 2. The SMILES string of the molecule is CC(C)(C)OC(=O)NCCC#Cc1cccc(N)n1. The molecule has 102 valence electrons. The number of anilines is 1. The highest BCUT2D eigenvalue weighted by Crippen LogP contribution is 2.06. The molecule has 0 saturated heterocycles. The van der Waals surface area contributed by atoms with Crippen molar-refractivity contribution < 1.29 is 9.53 Å². The lowest BCUT2D eigenvalue weighted by atomic mass is 10.2. The van der Waals surface area contributed by atoms with Crippen molar-refractivity contribution in [2.24, 2.45) is 0 Å². The fourth-order valence-electron chi connectivity index (χ4n) is 1.22. The lowest BCUT2D eigenvalue weighted by Gasteiger charge is -2.19. The second-order valence-electron chi connectivity index (χ2n) is 4.93. The van der Waals surface area contributed by atoms with Crippen molar-refractivity contribution in [1.29, 1.82) is 0 Å². The third-order valence-corrected chi connectivity index (χ3v) is 1.91. The zero-order valence-electron chi connectivity index (χ0n) is 11.5. The van der Waals surface area contributed by atoms with Gasteiger partial charge in [-0.05, 0) is 38.8 Å². The van der Waals surface area contributed by atoms with Gasteiger partial charge in [-0.1, -0.05) is 12.0 Å². The summed E-state index contributed by atoms with van der Waals surface area (Å²) >= 11 is 0. The van der Waals surface area contributed by atoms with Crippen molar-refractivity contribution in [1.82, 2.24) is 10.3 Å². The van der Waals surface area contributed by atoms with E-state index in [0.717, 1.165) is 0 Å². The summed E-state index contributed by atoms with van der Waals surface area (Å²) in [5, 5.41) is 2.63. The summed E-state index contributed by atoms with van der Waals surface area (Å²) in [7, 11) is 0. The van der Waals surface area contributed by atoms with E-state index < -0.39 is 11.7 Å². The molecule has 0 unspecified atom stereocenters. The Kier molecular flexibility index (Phi) is 5.19. The topological polar surface area (TPSA) is 77.2 Å². The largest absolute Gasteiger partial charge is 0.444 e. The molecule has 19 heavy (non-hydrogen) atoms. The molecule has 0 aliphatic rings. The number of rotatable bonds is 2. The maximum absolute atomic E-state index is 11.3. The van der Waals surface area contributed by atoms with Crippen LogP contribution in [-0.4, -0.2) is 23.2 Å². The van der Waals surface area contributed by atoms with E-state index in [2.05, 4.69) is 22.1 Å². The first-order valence-electron chi connectivity index (χ1n) is 6.05. The van der Waals surface area contributed by atoms with Gasteiger partial charge in [0, 0.05) is 13.0 Å². The highest BCUT2D eigenvalue weighted by atomic mass is 16.6. The summed E-state index contributed by atoms with van der Waals surface area (Å²) in [4.78, 5) is 15.4. The van der Waals surface area contributed by atoms with Crippen LogP contribution >= 0.6 is 0 Å². The molecule has 1 amide bonds. The Morgan fingerprint density at radius 2 is 2.21 bits per heavy atom. The van der Waals surface area contributed by atoms with Crippen LogP contribution in [-0.2, 0) is 4.74 Å². The molecule has 1 rings (SSSR count). The number of alkyl carbamates (subject to hydrolysis) is 1. The number of nitrogens with one attached hydrogen (secondary N) is 1. The third-order valence-electron chi connectivity index (χ3n) is 1.91. The number of carbonyl (C=O) groups is 1. The first kappa shape index (κ1) is 14.8. The fraction of sp³-hybridized carbons (Fsp3) is 0.429. The Morgan fingerprint density at radius 1 is 1.47 bits per heavy atom. The van der Waals surface area contributed by atoms with Gasteiger partial charge in [0.1, 0.15) is 17.1 Å². The number of carbonyl (C=O) groups excluding carboxylic acids is 1. The predicted molar refractivity (Wildman–Crippen MR) is 74.4 cm³/mol. The Balaban J connectivity index is 2.30. The van der Waals surface area contributed by atoms with Crippen molar-refractivity contribution in [2.75, 3.05) is 12.3 Å². The normalized spacial score (nSPS) is 10.3. The minimum absolute atomic E-state index is 0.434. The van der Waals surface area contributed by atoms with Crippen LogP contribution in [0.15, 0.2) is 18.2 Å². The number of hydrogen-bond acceptors (Lipinski definition) is 4. The number of nitrogens with zero attached hydrogens (tertiary/aromatic N) is 1. The molecule has 0 fully saturated rings. The van der Waals surface area contributed by atoms with E-state index in [1.54, 1.807) is 18.2 Å². The molecule has 0 aliphatic heterocycles.